The minimum atomic E-state index is -3.20. The average molecular weight is 408 g/mol. The van der Waals surface area contributed by atoms with E-state index < -0.39 is 33.3 Å². The molecule has 1 fully saturated rings. The van der Waals surface area contributed by atoms with Crippen LogP contribution in [0.5, 0.6) is 5.75 Å². The summed E-state index contributed by atoms with van der Waals surface area (Å²) in [7, 11) is -3.20. The highest BCUT2D eigenvalue weighted by molar-refractivity contribution is 7.91. The van der Waals surface area contributed by atoms with E-state index in [2.05, 4.69) is 0 Å². The van der Waals surface area contributed by atoms with E-state index in [0.717, 1.165) is 0 Å². The van der Waals surface area contributed by atoms with Gasteiger partial charge in [0, 0.05) is 12.1 Å². The highest BCUT2D eigenvalue weighted by Gasteiger charge is 2.35. The van der Waals surface area contributed by atoms with Gasteiger partial charge in [-0.05, 0) is 31.5 Å². The fourth-order valence-corrected chi connectivity index (χ4v) is 4.86. The second-order valence-electron chi connectivity index (χ2n) is 6.60. The summed E-state index contributed by atoms with van der Waals surface area (Å²) in [6, 6.07) is 8.76. The van der Waals surface area contributed by atoms with E-state index in [1.54, 1.807) is 25.1 Å². The second kappa shape index (κ2) is 8.01. The van der Waals surface area contributed by atoms with Gasteiger partial charge >= 0.3 is 5.69 Å². The highest BCUT2D eigenvalue weighted by Crippen LogP contribution is 2.26. The van der Waals surface area contributed by atoms with Crippen LogP contribution in [0.15, 0.2) is 40.8 Å². The number of para-hydroxylation sites is 2. The molecule has 1 atom stereocenters. The van der Waals surface area contributed by atoms with Crippen LogP contribution in [0.25, 0.3) is 0 Å². The maximum Gasteiger partial charge on any atom is 0.310 e. The van der Waals surface area contributed by atoms with Crippen LogP contribution in [0.3, 0.4) is 0 Å². The Morgan fingerprint density at radius 3 is 2.68 bits per heavy atom. The molecule has 1 saturated heterocycles. The Hall–Kier alpha value is -2.88. The first-order valence-corrected chi connectivity index (χ1v) is 10.5. The second-order valence-corrected chi connectivity index (χ2v) is 8.83. The number of sulfone groups is 1. The summed E-state index contributed by atoms with van der Waals surface area (Å²) in [5.41, 5.74) is -0.244. The van der Waals surface area contributed by atoms with Gasteiger partial charge in [-0.2, -0.15) is 0 Å². The molecule has 2 heterocycles. The van der Waals surface area contributed by atoms with E-state index in [4.69, 9.17) is 9.15 Å². The number of benzene rings is 1. The number of rotatable bonds is 7. The topological polar surface area (TPSA) is 120 Å². The van der Waals surface area contributed by atoms with Crippen molar-refractivity contribution in [3.63, 3.8) is 0 Å². The Balaban J connectivity index is 1.76. The van der Waals surface area contributed by atoms with Gasteiger partial charge in [-0.25, -0.2) is 8.42 Å². The van der Waals surface area contributed by atoms with Crippen molar-refractivity contribution in [1.29, 1.82) is 0 Å². The van der Waals surface area contributed by atoms with Crippen molar-refractivity contribution in [2.75, 3.05) is 18.1 Å². The maximum atomic E-state index is 12.8. The predicted molar refractivity (Wildman–Crippen MR) is 99.6 cm³/mol. The monoisotopic (exact) mass is 408 g/mol. The molecule has 0 aliphatic carbocycles. The van der Waals surface area contributed by atoms with Crippen LogP contribution in [0.1, 0.15) is 17.9 Å². The molecule has 0 radical (unpaired) electrons. The van der Waals surface area contributed by atoms with Crippen molar-refractivity contribution in [2.45, 2.75) is 25.9 Å². The van der Waals surface area contributed by atoms with E-state index in [1.165, 1.54) is 23.1 Å². The van der Waals surface area contributed by atoms with Crippen molar-refractivity contribution in [3.8, 4) is 5.75 Å². The summed E-state index contributed by atoms with van der Waals surface area (Å²) in [5, 5.41) is 11.1. The van der Waals surface area contributed by atoms with Crippen LogP contribution in [0.4, 0.5) is 5.69 Å². The summed E-state index contributed by atoms with van der Waals surface area (Å²) in [5.74, 6) is 0.620. The zero-order chi connectivity index (χ0) is 20.3. The molecule has 9 nitrogen and oxygen atoms in total. The Labute approximate surface area is 162 Å². The fourth-order valence-electron chi connectivity index (χ4n) is 3.13. The lowest BCUT2D eigenvalue weighted by atomic mass is 10.2. The SMILES string of the molecule is Cc1ccc(CN(C(=O)COc2ccccc2[N+](=O)[O-])[C@@H]2CCS(=O)(=O)C2)o1. The van der Waals surface area contributed by atoms with Gasteiger partial charge in [-0.1, -0.05) is 12.1 Å². The van der Waals surface area contributed by atoms with Gasteiger partial charge in [0.1, 0.15) is 11.5 Å². The smallest absolute Gasteiger partial charge is 0.310 e. The molecular weight excluding hydrogens is 388 g/mol. The number of nitro benzene ring substituents is 1. The zero-order valence-electron chi connectivity index (χ0n) is 15.2. The number of nitro groups is 1. The number of hydrogen-bond acceptors (Lipinski definition) is 7. The van der Waals surface area contributed by atoms with Crippen molar-refractivity contribution in [2.24, 2.45) is 0 Å². The number of hydrogen-bond donors (Lipinski definition) is 0. The molecule has 0 saturated carbocycles. The van der Waals surface area contributed by atoms with Gasteiger partial charge in [-0.3, -0.25) is 14.9 Å². The summed E-state index contributed by atoms with van der Waals surface area (Å²) >= 11 is 0. The Kier molecular flexibility index (Phi) is 5.68. The minimum absolute atomic E-state index is 0.0175. The van der Waals surface area contributed by atoms with Crippen molar-refractivity contribution >= 4 is 21.4 Å². The van der Waals surface area contributed by atoms with Crippen LogP contribution in [0, 0.1) is 17.0 Å². The van der Waals surface area contributed by atoms with E-state index in [1.807, 2.05) is 0 Å². The minimum Gasteiger partial charge on any atom is -0.477 e. The van der Waals surface area contributed by atoms with Gasteiger partial charge in [0.2, 0.25) is 0 Å². The molecule has 3 rings (SSSR count). The van der Waals surface area contributed by atoms with E-state index in [9.17, 15) is 23.3 Å². The number of furan rings is 1. The van der Waals surface area contributed by atoms with Crippen LogP contribution >= 0.6 is 0 Å². The number of carbonyl (C=O) groups excluding carboxylic acids is 1. The molecule has 1 aliphatic rings. The predicted octanol–water partition coefficient (Wildman–Crippen LogP) is 2.09. The van der Waals surface area contributed by atoms with Crippen LogP contribution in [-0.2, 0) is 21.2 Å². The maximum absolute atomic E-state index is 12.8. The lowest BCUT2D eigenvalue weighted by Crippen LogP contribution is -2.43. The molecule has 10 heteroatoms. The molecule has 28 heavy (non-hydrogen) atoms. The molecule has 2 aromatic rings. The summed E-state index contributed by atoms with van der Waals surface area (Å²) < 4.78 is 34.6. The lowest BCUT2D eigenvalue weighted by molar-refractivity contribution is -0.385. The number of carbonyl (C=O) groups is 1. The number of aryl methyl sites for hydroxylation is 1. The average Bonchev–Trinajstić information content (AvgIpc) is 3.22. The van der Waals surface area contributed by atoms with Crippen LogP contribution in [0.2, 0.25) is 0 Å². The number of ether oxygens (including phenoxy) is 1. The van der Waals surface area contributed by atoms with E-state index >= 15 is 0 Å². The van der Waals surface area contributed by atoms with E-state index in [-0.39, 0.29) is 29.5 Å². The first-order valence-electron chi connectivity index (χ1n) is 8.66. The third kappa shape index (κ3) is 4.69. The summed E-state index contributed by atoms with van der Waals surface area (Å²) in [6.45, 7) is 1.43. The quantitative estimate of drug-likeness (QED) is 0.508. The zero-order valence-corrected chi connectivity index (χ0v) is 16.1. The fraction of sp³-hybridized carbons (Fsp3) is 0.389. The molecule has 0 spiro atoms. The highest BCUT2D eigenvalue weighted by atomic mass is 32.2. The number of nitrogens with zero attached hydrogens (tertiary/aromatic N) is 2. The molecule has 0 bridgehead atoms. The van der Waals surface area contributed by atoms with Crippen molar-refractivity contribution in [1.82, 2.24) is 4.90 Å². The molecule has 0 unspecified atom stereocenters. The molecule has 150 valence electrons. The molecule has 1 aliphatic heterocycles. The molecule has 1 aromatic heterocycles. The normalized spacial score (nSPS) is 18.0. The Morgan fingerprint density at radius 1 is 1.32 bits per heavy atom. The first-order chi connectivity index (χ1) is 13.2. The molecule has 0 N–H and O–H groups in total. The van der Waals surface area contributed by atoms with Crippen LogP contribution < -0.4 is 4.74 Å². The standard InChI is InChI=1S/C18H20N2O7S/c1-13-6-7-15(27-13)10-19(14-8-9-28(24,25)12-14)18(21)11-26-17-5-3-2-4-16(17)20(22)23/h2-7,14H,8-12H2,1H3/t14-/m1/s1. The Bertz CT molecular complexity index is 983. The molecule has 1 amide bonds. The van der Waals surface area contributed by atoms with Crippen molar-refractivity contribution in [3.05, 3.63) is 58.0 Å². The van der Waals surface area contributed by atoms with Gasteiger partial charge < -0.3 is 14.1 Å². The van der Waals surface area contributed by atoms with Crippen LogP contribution in [-0.4, -0.2) is 48.3 Å². The summed E-state index contributed by atoms with van der Waals surface area (Å²) in [6.07, 6.45) is 0.333. The van der Waals surface area contributed by atoms with E-state index in [0.29, 0.717) is 17.9 Å². The molecule has 1 aromatic carbocycles. The Morgan fingerprint density at radius 2 is 2.07 bits per heavy atom. The third-order valence-corrected chi connectivity index (χ3v) is 6.26. The van der Waals surface area contributed by atoms with Gasteiger partial charge in [0.25, 0.3) is 5.91 Å². The lowest BCUT2D eigenvalue weighted by Gasteiger charge is -2.27. The van der Waals surface area contributed by atoms with Gasteiger partial charge in [0.05, 0.1) is 23.0 Å². The largest absolute Gasteiger partial charge is 0.477 e. The van der Waals surface area contributed by atoms with Crippen molar-refractivity contribution < 1.29 is 27.3 Å². The first kappa shape index (κ1) is 19.9. The summed E-state index contributed by atoms with van der Waals surface area (Å²) in [4.78, 5) is 24.7. The third-order valence-electron chi connectivity index (χ3n) is 4.50. The van der Waals surface area contributed by atoms with Gasteiger partial charge in [0.15, 0.2) is 22.2 Å². The van der Waals surface area contributed by atoms with Gasteiger partial charge in [-0.15, -0.1) is 0 Å². The number of amides is 1. The molecular formula is C18H20N2O7S.